The molecule has 1 amide bonds. The maximum atomic E-state index is 11.4. The molecule has 0 aliphatic heterocycles. The van der Waals surface area contributed by atoms with Crippen LogP contribution in [0, 0.1) is 0 Å². The summed E-state index contributed by atoms with van der Waals surface area (Å²) in [4.78, 5) is 11.4. The van der Waals surface area contributed by atoms with Gasteiger partial charge in [0.25, 0.3) is 0 Å². The van der Waals surface area contributed by atoms with Crippen LogP contribution in [0.5, 0.6) is 0 Å². The van der Waals surface area contributed by atoms with E-state index in [2.05, 4.69) is 21.2 Å². The fraction of sp³-hybridized carbons (Fsp3) is 0.364. The van der Waals surface area contributed by atoms with Crippen LogP contribution >= 0.6 is 27.5 Å². The topological polar surface area (TPSA) is 29.1 Å². The van der Waals surface area contributed by atoms with Gasteiger partial charge in [0.2, 0.25) is 5.91 Å². The molecular formula is C11H13BrClNO. The molecule has 1 rings (SSSR count). The van der Waals surface area contributed by atoms with E-state index < -0.39 is 0 Å². The number of benzene rings is 1. The van der Waals surface area contributed by atoms with Gasteiger partial charge in [-0.2, -0.15) is 0 Å². The molecule has 0 saturated heterocycles. The van der Waals surface area contributed by atoms with Crippen molar-refractivity contribution in [2.75, 3.05) is 11.9 Å². The lowest BCUT2D eigenvalue weighted by Crippen LogP contribution is -2.26. The van der Waals surface area contributed by atoms with E-state index in [1.807, 2.05) is 12.1 Å². The Morgan fingerprint density at radius 2 is 2.00 bits per heavy atom. The molecule has 0 spiro atoms. The van der Waals surface area contributed by atoms with E-state index in [0.717, 1.165) is 23.9 Å². The zero-order valence-electron chi connectivity index (χ0n) is 8.30. The van der Waals surface area contributed by atoms with Gasteiger partial charge in [-0.15, -0.1) is 0 Å². The predicted octanol–water partition coefficient (Wildman–Crippen LogP) is 2.78. The van der Waals surface area contributed by atoms with Gasteiger partial charge in [0.05, 0.1) is 6.42 Å². The summed E-state index contributed by atoms with van der Waals surface area (Å²) in [7, 11) is 0. The summed E-state index contributed by atoms with van der Waals surface area (Å²) < 4.78 is 0. The molecule has 2 nitrogen and oxygen atoms in total. The number of carbonyl (C=O) groups is 1. The van der Waals surface area contributed by atoms with Crippen LogP contribution in [0.2, 0.25) is 5.02 Å². The Kier molecular flexibility index (Phi) is 5.73. The minimum absolute atomic E-state index is 0.0540. The van der Waals surface area contributed by atoms with E-state index in [-0.39, 0.29) is 5.91 Å². The van der Waals surface area contributed by atoms with Crippen LogP contribution in [0.25, 0.3) is 0 Å². The summed E-state index contributed by atoms with van der Waals surface area (Å²) in [5, 5.41) is 4.45. The van der Waals surface area contributed by atoms with Crippen molar-refractivity contribution >= 4 is 33.4 Å². The van der Waals surface area contributed by atoms with Crippen molar-refractivity contribution in [2.45, 2.75) is 12.8 Å². The largest absolute Gasteiger partial charge is 0.356 e. The first-order valence-corrected chi connectivity index (χ1v) is 6.29. The highest BCUT2D eigenvalue weighted by Gasteiger charge is 2.01. The van der Waals surface area contributed by atoms with Crippen LogP contribution in [0.3, 0.4) is 0 Å². The normalized spacial score (nSPS) is 10.0. The van der Waals surface area contributed by atoms with Crippen molar-refractivity contribution in [2.24, 2.45) is 0 Å². The lowest BCUT2D eigenvalue weighted by molar-refractivity contribution is -0.120. The van der Waals surface area contributed by atoms with Gasteiger partial charge in [-0.05, 0) is 24.1 Å². The average molecular weight is 291 g/mol. The standard InChI is InChI=1S/C11H13BrClNO/c12-6-1-7-14-11(15)8-9-2-4-10(13)5-3-9/h2-5H,1,6-8H2,(H,14,15). The van der Waals surface area contributed by atoms with Gasteiger partial charge in [0.1, 0.15) is 0 Å². The van der Waals surface area contributed by atoms with Gasteiger partial charge >= 0.3 is 0 Å². The lowest BCUT2D eigenvalue weighted by Gasteiger charge is -2.03. The third-order valence-corrected chi connectivity index (χ3v) is 2.72. The summed E-state index contributed by atoms with van der Waals surface area (Å²) >= 11 is 9.05. The SMILES string of the molecule is O=C(Cc1ccc(Cl)cc1)NCCCBr. The average Bonchev–Trinajstić information content (AvgIpc) is 2.22. The summed E-state index contributed by atoms with van der Waals surface area (Å²) in [6.45, 7) is 0.720. The number of nitrogens with one attached hydrogen (secondary N) is 1. The highest BCUT2D eigenvalue weighted by atomic mass is 79.9. The molecule has 0 aliphatic rings. The molecule has 0 atom stereocenters. The first kappa shape index (κ1) is 12.5. The Bertz CT molecular complexity index is 313. The van der Waals surface area contributed by atoms with Gasteiger partial charge in [-0.25, -0.2) is 0 Å². The Morgan fingerprint density at radius 3 is 2.60 bits per heavy atom. The third kappa shape index (κ3) is 5.19. The molecule has 4 heteroatoms. The first-order chi connectivity index (χ1) is 7.22. The van der Waals surface area contributed by atoms with Crippen LogP contribution in [0.15, 0.2) is 24.3 Å². The second-order valence-electron chi connectivity index (χ2n) is 3.20. The number of halogens is 2. The van der Waals surface area contributed by atoms with Crippen LogP contribution in [-0.4, -0.2) is 17.8 Å². The molecule has 0 saturated carbocycles. The van der Waals surface area contributed by atoms with Crippen molar-refractivity contribution in [1.82, 2.24) is 5.32 Å². The molecule has 15 heavy (non-hydrogen) atoms. The van der Waals surface area contributed by atoms with Gasteiger partial charge in [-0.1, -0.05) is 39.7 Å². The summed E-state index contributed by atoms with van der Waals surface area (Å²) in [5.41, 5.74) is 0.982. The number of hydrogen-bond donors (Lipinski definition) is 1. The molecule has 1 aromatic carbocycles. The Labute approximate surface area is 103 Å². The first-order valence-electron chi connectivity index (χ1n) is 4.79. The predicted molar refractivity (Wildman–Crippen MR) is 66.6 cm³/mol. The van der Waals surface area contributed by atoms with Crippen molar-refractivity contribution in [3.05, 3.63) is 34.9 Å². The maximum absolute atomic E-state index is 11.4. The Hall–Kier alpha value is -0.540. The smallest absolute Gasteiger partial charge is 0.224 e. The minimum Gasteiger partial charge on any atom is -0.356 e. The van der Waals surface area contributed by atoms with E-state index in [1.165, 1.54) is 0 Å². The Morgan fingerprint density at radius 1 is 1.33 bits per heavy atom. The van der Waals surface area contributed by atoms with E-state index >= 15 is 0 Å². The quantitative estimate of drug-likeness (QED) is 0.656. The molecule has 0 unspecified atom stereocenters. The number of alkyl halides is 1. The second-order valence-corrected chi connectivity index (χ2v) is 4.43. The summed E-state index contributed by atoms with van der Waals surface area (Å²) in [5.74, 6) is 0.0540. The summed E-state index contributed by atoms with van der Waals surface area (Å²) in [6, 6.07) is 7.32. The molecule has 0 fully saturated rings. The molecule has 1 N–H and O–H groups in total. The zero-order chi connectivity index (χ0) is 11.1. The fourth-order valence-electron chi connectivity index (χ4n) is 1.14. The van der Waals surface area contributed by atoms with Crippen molar-refractivity contribution < 1.29 is 4.79 Å². The third-order valence-electron chi connectivity index (χ3n) is 1.91. The van der Waals surface area contributed by atoms with Crippen LogP contribution in [0.1, 0.15) is 12.0 Å². The molecule has 0 bridgehead atoms. The van der Waals surface area contributed by atoms with E-state index in [4.69, 9.17) is 11.6 Å². The van der Waals surface area contributed by atoms with Crippen LogP contribution in [0.4, 0.5) is 0 Å². The molecule has 82 valence electrons. The number of hydrogen-bond acceptors (Lipinski definition) is 1. The van der Waals surface area contributed by atoms with Crippen molar-refractivity contribution in [3.8, 4) is 0 Å². The summed E-state index contributed by atoms with van der Waals surface area (Å²) in [6.07, 6.45) is 1.37. The molecule has 0 heterocycles. The van der Waals surface area contributed by atoms with Gasteiger partial charge in [0.15, 0.2) is 0 Å². The number of amides is 1. The van der Waals surface area contributed by atoms with E-state index in [9.17, 15) is 4.79 Å². The maximum Gasteiger partial charge on any atom is 0.224 e. The number of rotatable bonds is 5. The van der Waals surface area contributed by atoms with Gasteiger partial charge in [-0.3, -0.25) is 4.79 Å². The van der Waals surface area contributed by atoms with Crippen molar-refractivity contribution in [3.63, 3.8) is 0 Å². The Balaban J connectivity index is 2.34. The molecular weight excluding hydrogens is 277 g/mol. The van der Waals surface area contributed by atoms with Gasteiger partial charge < -0.3 is 5.32 Å². The molecule has 0 aromatic heterocycles. The minimum atomic E-state index is 0.0540. The van der Waals surface area contributed by atoms with E-state index in [1.54, 1.807) is 12.1 Å². The molecule has 0 aliphatic carbocycles. The molecule has 0 radical (unpaired) electrons. The van der Waals surface area contributed by atoms with Crippen LogP contribution < -0.4 is 5.32 Å². The van der Waals surface area contributed by atoms with E-state index in [0.29, 0.717) is 11.4 Å². The van der Waals surface area contributed by atoms with Crippen LogP contribution in [-0.2, 0) is 11.2 Å². The van der Waals surface area contributed by atoms with Crippen molar-refractivity contribution in [1.29, 1.82) is 0 Å². The highest BCUT2D eigenvalue weighted by Crippen LogP contribution is 2.09. The number of carbonyl (C=O) groups excluding carboxylic acids is 1. The fourth-order valence-corrected chi connectivity index (χ4v) is 1.55. The highest BCUT2D eigenvalue weighted by molar-refractivity contribution is 9.09. The lowest BCUT2D eigenvalue weighted by atomic mass is 10.1. The monoisotopic (exact) mass is 289 g/mol. The van der Waals surface area contributed by atoms with Gasteiger partial charge in [0, 0.05) is 16.9 Å². The molecule has 1 aromatic rings. The zero-order valence-corrected chi connectivity index (χ0v) is 10.6. The second kappa shape index (κ2) is 6.85.